The molecule has 5 nitrogen and oxygen atoms in total. The fourth-order valence-electron chi connectivity index (χ4n) is 1.48. The number of aryl methyl sites for hydroxylation is 1. The number of amides is 1. The molecular formula is C12H10F3N3O2. The molecule has 2 N–H and O–H groups in total. The Morgan fingerprint density at radius 2 is 1.95 bits per heavy atom. The Hall–Kier alpha value is -2.51. The number of benzene rings is 1. The lowest BCUT2D eigenvalue weighted by molar-refractivity contribution is -0.274. The van der Waals surface area contributed by atoms with Crippen molar-refractivity contribution in [3.05, 3.63) is 41.7 Å². The highest BCUT2D eigenvalue weighted by molar-refractivity contribution is 6.04. The molecule has 0 atom stereocenters. The number of H-pyrrole nitrogens is 1. The molecule has 0 unspecified atom stereocenters. The first-order chi connectivity index (χ1) is 9.35. The van der Waals surface area contributed by atoms with Crippen molar-refractivity contribution in [3.63, 3.8) is 0 Å². The molecule has 0 aliphatic carbocycles. The van der Waals surface area contributed by atoms with E-state index in [1.165, 1.54) is 18.3 Å². The minimum absolute atomic E-state index is 0.208. The molecule has 2 rings (SSSR count). The van der Waals surface area contributed by atoms with Gasteiger partial charge in [-0.1, -0.05) is 0 Å². The molecule has 8 heteroatoms. The maximum atomic E-state index is 12.0. The summed E-state index contributed by atoms with van der Waals surface area (Å²) < 4.78 is 39.7. The third-order valence-electron chi connectivity index (χ3n) is 2.43. The molecule has 0 bridgehead atoms. The van der Waals surface area contributed by atoms with Crippen LogP contribution in [-0.4, -0.2) is 22.5 Å². The van der Waals surface area contributed by atoms with Crippen molar-refractivity contribution >= 4 is 11.6 Å². The highest BCUT2D eigenvalue weighted by atomic mass is 19.4. The number of alkyl halides is 3. The van der Waals surface area contributed by atoms with E-state index in [9.17, 15) is 18.0 Å². The van der Waals surface area contributed by atoms with Crippen molar-refractivity contribution in [2.75, 3.05) is 5.32 Å². The Kier molecular flexibility index (Phi) is 3.64. The van der Waals surface area contributed by atoms with Crippen molar-refractivity contribution in [1.82, 2.24) is 10.2 Å². The Balaban J connectivity index is 2.06. The molecule has 0 radical (unpaired) electrons. The molecule has 2 aromatic rings. The van der Waals surface area contributed by atoms with Crippen LogP contribution in [0.1, 0.15) is 16.1 Å². The summed E-state index contributed by atoms with van der Waals surface area (Å²) in [6.45, 7) is 1.73. The van der Waals surface area contributed by atoms with Gasteiger partial charge in [0.25, 0.3) is 5.91 Å². The van der Waals surface area contributed by atoms with E-state index in [1.807, 2.05) is 0 Å². The van der Waals surface area contributed by atoms with Gasteiger partial charge in [-0.05, 0) is 31.2 Å². The zero-order chi connectivity index (χ0) is 14.8. The van der Waals surface area contributed by atoms with Crippen molar-refractivity contribution in [3.8, 4) is 5.75 Å². The SMILES string of the molecule is Cc1[nH]ncc1NC(=O)c1ccc(OC(F)(F)F)cc1. The normalized spacial score (nSPS) is 11.2. The van der Waals surface area contributed by atoms with Gasteiger partial charge in [0, 0.05) is 5.56 Å². The van der Waals surface area contributed by atoms with Crippen LogP contribution in [-0.2, 0) is 0 Å². The average Bonchev–Trinajstić information content (AvgIpc) is 2.74. The van der Waals surface area contributed by atoms with Crippen molar-refractivity contribution in [1.29, 1.82) is 0 Å². The molecule has 0 saturated carbocycles. The summed E-state index contributed by atoms with van der Waals surface area (Å²) in [7, 11) is 0. The van der Waals surface area contributed by atoms with Gasteiger partial charge in [0.15, 0.2) is 0 Å². The topological polar surface area (TPSA) is 67.0 Å². The fraction of sp³-hybridized carbons (Fsp3) is 0.167. The van der Waals surface area contributed by atoms with Gasteiger partial charge < -0.3 is 10.1 Å². The maximum absolute atomic E-state index is 12.0. The van der Waals surface area contributed by atoms with E-state index in [0.29, 0.717) is 11.4 Å². The van der Waals surface area contributed by atoms with E-state index in [4.69, 9.17) is 0 Å². The Bertz CT molecular complexity index is 605. The molecule has 0 spiro atoms. The minimum Gasteiger partial charge on any atom is -0.406 e. The standard InChI is InChI=1S/C12H10F3N3O2/c1-7-10(6-16-18-7)17-11(19)8-2-4-9(5-3-8)20-12(13,14)15/h2-6H,1H3,(H,16,18)(H,17,19). The van der Waals surface area contributed by atoms with Gasteiger partial charge in [-0.25, -0.2) is 0 Å². The molecular weight excluding hydrogens is 275 g/mol. The fourth-order valence-corrected chi connectivity index (χ4v) is 1.48. The lowest BCUT2D eigenvalue weighted by Crippen LogP contribution is -2.17. The molecule has 1 amide bonds. The first-order valence-corrected chi connectivity index (χ1v) is 5.52. The lowest BCUT2D eigenvalue weighted by Gasteiger charge is -2.09. The van der Waals surface area contributed by atoms with Crippen molar-refractivity contribution in [2.24, 2.45) is 0 Å². The number of ether oxygens (including phenoxy) is 1. The summed E-state index contributed by atoms with van der Waals surface area (Å²) in [4.78, 5) is 11.8. The molecule has 1 heterocycles. The van der Waals surface area contributed by atoms with Gasteiger partial charge in [-0.3, -0.25) is 9.89 Å². The highest BCUT2D eigenvalue weighted by Gasteiger charge is 2.31. The molecule has 1 aromatic carbocycles. The van der Waals surface area contributed by atoms with Gasteiger partial charge in [0.2, 0.25) is 0 Å². The second kappa shape index (κ2) is 5.24. The Morgan fingerprint density at radius 1 is 1.30 bits per heavy atom. The van der Waals surface area contributed by atoms with Gasteiger partial charge in [-0.15, -0.1) is 13.2 Å². The van der Waals surface area contributed by atoms with E-state index in [-0.39, 0.29) is 11.3 Å². The van der Waals surface area contributed by atoms with E-state index >= 15 is 0 Å². The number of anilines is 1. The van der Waals surface area contributed by atoms with E-state index in [0.717, 1.165) is 12.1 Å². The average molecular weight is 285 g/mol. The molecule has 106 valence electrons. The smallest absolute Gasteiger partial charge is 0.406 e. The van der Waals surface area contributed by atoms with Crippen LogP contribution >= 0.6 is 0 Å². The molecule has 20 heavy (non-hydrogen) atoms. The van der Waals surface area contributed by atoms with Crippen LogP contribution in [0.2, 0.25) is 0 Å². The number of hydrogen-bond donors (Lipinski definition) is 2. The summed E-state index contributed by atoms with van der Waals surface area (Å²) in [6.07, 6.45) is -3.31. The highest BCUT2D eigenvalue weighted by Crippen LogP contribution is 2.23. The maximum Gasteiger partial charge on any atom is 0.573 e. The van der Waals surface area contributed by atoms with E-state index < -0.39 is 12.3 Å². The predicted octanol–water partition coefficient (Wildman–Crippen LogP) is 2.87. The molecule has 0 fully saturated rings. The van der Waals surface area contributed by atoms with E-state index in [1.54, 1.807) is 6.92 Å². The summed E-state index contributed by atoms with van der Waals surface area (Å²) in [5, 5.41) is 8.97. The number of carbonyl (C=O) groups excluding carboxylic acids is 1. The zero-order valence-corrected chi connectivity index (χ0v) is 10.3. The van der Waals surface area contributed by atoms with Crippen LogP contribution in [0.4, 0.5) is 18.9 Å². The van der Waals surface area contributed by atoms with Crippen LogP contribution in [0.3, 0.4) is 0 Å². The van der Waals surface area contributed by atoms with Gasteiger partial charge in [0.05, 0.1) is 17.6 Å². The largest absolute Gasteiger partial charge is 0.573 e. The van der Waals surface area contributed by atoms with Crippen LogP contribution < -0.4 is 10.1 Å². The van der Waals surface area contributed by atoms with Gasteiger partial charge in [-0.2, -0.15) is 5.10 Å². The predicted molar refractivity (Wildman–Crippen MR) is 64.4 cm³/mol. The molecule has 0 aliphatic rings. The molecule has 0 aliphatic heterocycles. The van der Waals surface area contributed by atoms with Crippen LogP contribution in [0.15, 0.2) is 30.5 Å². The quantitative estimate of drug-likeness (QED) is 0.911. The lowest BCUT2D eigenvalue weighted by atomic mass is 10.2. The number of nitrogens with zero attached hydrogens (tertiary/aromatic N) is 1. The zero-order valence-electron chi connectivity index (χ0n) is 10.3. The number of carbonyl (C=O) groups is 1. The second-order valence-corrected chi connectivity index (χ2v) is 3.93. The first-order valence-electron chi connectivity index (χ1n) is 5.52. The van der Waals surface area contributed by atoms with Crippen LogP contribution in [0.25, 0.3) is 0 Å². The van der Waals surface area contributed by atoms with Crippen LogP contribution in [0, 0.1) is 6.92 Å². The second-order valence-electron chi connectivity index (χ2n) is 3.93. The monoisotopic (exact) mass is 285 g/mol. The van der Waals surface area contributed by atoms with Gasteiger partial charge in [0.1, 0.15) is 5.75 Å². The number of hydrogen-bond acceptors (Lipinski definition) is 3. The van der Waals surface area contributed by atoms with Gasteiger partial charge >= 0.3 is 6.36 Å². The Labute approximate surface area is 111 Å². The van der Waals surface area contributed by atoms with Crippen molar-refractivity contribution in [2.45, 2.75) is 13.3 Å². The first kappa shape index (κ1) is 13.9. The third-order valence-corrected chi connectivity index (χ3v) is 2.43. The number of aromatic amines is 1. The summed E-state index contributed by atoms with van der Waals surface area (Å²) in [6, 6.07) is 4.63. The summed E-state index contributed by atoms with van der Waals surface area (Å²) in [5.74, 6) is -0.832. The number of rotatable bonds is 3. The third kappa shape index (κ3) is 3.50. The van der Waals surface area contributed by atoms with Crippen molar-refractivity contribution < 1.29 is 22.7 Å². The molecule has 1 aromatic heterocycles. The molecule has 0 saturated heterocycles. The number of aromatic nitrogens is 2. The summed E-state index contributed by atoms with van der Waals surface area (Å²) in [5.41, 5.74) is 1.39. The van der Waals surface area contributed by atoms with E-state index in [2.05, 4.69) is 20.3 Å². The van der Waals surface area contributed by atoms with Crippen LogP contribution in [0.5, 0.6) is 5.75 Å². The number of halogens is 3. The Morgan fingerprint density at radius 3 is 2.45 bits per heavy atom. The summed E-state index contributed by atoms with van der Waals surface area (Å²) >= 11 is 0. The minimum atomic E-state index is -4.75. The number of nitrogens with one attached hydrogen (secondary N) is 2.